The molecule has 1 aromatic rings. The van der Waals surface area contributed by atoms with Crippen molar-refractivity contribution in [1.29, 1.82) is 0 Å². The summed E-state index contributed by atoms with van der Waals surface area (Å²) in [7, 11) is 4.43. The van der Waals surface area contributed by atoms with Gasteiger partial charge in [-0.25, -0.2) is 0 Å². The van der Waals surface area contributed by atoms with E-state index in [1.807, 2.05) is 12.1 Å². The molecule has 1 aliphatic heterocycles. The van der Waals surface area contributed by atoms with Gasteiger partial charge in [0.2, 0.25) is 0 Å². The Balaban J connectivity index is 1.88. The highest BCUT2D eigenvalue weighted by Crippen LogP contribution is 2.17. The summed E-state index contributed by atoms with van der Waals surface area (Å²) in [5.74, 6) is 0. The van der Waals surface area contributed by atoms with Crippen LogP contribution in [0, 0.1) is 0 Å². The molecule has 1 aromatic carbocycles. The number of nitrogen functional groups attached to an aromatic ring is 1. The molecule has 17 heavy (non-hydrogen) atoms. The molecule has 0 aliphatic carbocycles. The number of rotatable bonds is 3. The van der Waals surface area contributed by atoms with Gasteiger partial charge in [0.25, 0.3) is 0 Å². The Morgan fingerprint density at radius 1 is 1.24 bits per heavy atom. The van der Waals surface area contributed by atoms with Crippen LogP contribution in [0.2, 0.25) is 0 Å². The first-order chi connectivity index (χ1) is 8.15. The van der Waals surface area contributed by atoms with E-state index < -0.39 is 0 Å². The fraction of sp³-hybridized carbons (Fsp3) is 0.571. The van der Waals surface area contributed by atoms with E-state index in [0.29, 0.717) is 0 Å². The number of anilines is 1. The predicted molar refractivity (Wildman–Crippen MR) is 72.8 cm³/mol. The van der Waals surface area contributed by atoms with Gasteiger partial charge in [0.15, 0.2) is 0 Å². The number of nitrogens with zero attached hydrogens (tertiary/aromatic N) is 2. The normalized spacial score (nSPS) is 18.8. The minimum absolute atomic E-state index is 0.726. The van der Waals surface area contributed by atoms with E-state index in [-0.39, 0.29) is 0 Å². The first kappa shape index (κ1) is 12.4. The predicted octanol–water partition coefficient (Wildman–Crippen LogP) is 1.79. The van der Waals surface area contributed by atoms with Crippen LogP contribution in [-0.4, -0.2) is 43.0 Å². The van der Waals surface area contributed by atoms with Gasteiger partial charge in [-0.2, -0.15) is 0 Å². The average molecular weight is 233 g/mol. The average Bonchev–Trinajstić information content (AvgIpc) is 2.33. The Labute approximate surface area is 104 Å². The van der Waals surface area contributed by atoms with Gasteiger partial charge < -0.3 is 10.6 Å². The van der Waals surface area contributed by atoms with E-state index in [9.17, 15) is 0 Å². The molecule has 1 heterocycles. The Morgan fingerprint density at radius 2 is 1.82 bits per heavy atom. The van der Waals surface area contributed by atoms with E-state index in [4.69, 9.17) is 5.73 Å². The van der Waals surface area contributed by atoms with Crippen molar-refractivity contribution in [3.8, 4) is 0 Å². The summed E-state index contributed by atoms with van der Waals surface area (Å²) in [4.78, 5) is 4.88. The van der Waals surface area contributed by atoms with Crippen LogP contribution in [0.15, 0.2) is 24.3 Å². The molecular weight excluding hydrogens is 210 g/mol. The van der Waals surface area contributed by atoms with Crippen LogP contribution in [0.25, 0.3) is 0 Å². The summed E-state index contributed by atoms with van der Waals surface area (Å²) in [6.45, 7) is 3.46. The molecule has 0 amide bonds. The smallest absolute Gasteiger partial charge is 0.0314 e. The van der Waals surface area contributed by atoms with Gasteiger partial charge in [-0.15, -0.1) is 0 Å². The second kappa shape index (κ2) is 5.52. The molecule has 2 N–H and O–H groups in total. The zero-order valence-electron chi connectivity index (χ0n) is 10.9. The first-order valence-electron chi connectivity index (χ1n) is 6.38. The molecule has 1 fully saturated rings. The molecule has 0 radical (unpaired) electrons. The molecule has 94 valence electrons. The topological polar surface area (TPSA) is 32.5 Å². The molecule has 0 atom stereocenters. The van der Waals surface area contributed by atoms with Gasteiger partial charge in [-0.1, -0.05) is 12.1 Å². The summed E-state index contributed by atoms with van der Waals surface area (Å²) in [6.07, 6.45) is 2.56. The zero-order chi connectivity index (χ0) is 12.3. The van der Waals surface area contributed by atoms with Crippen LogP contribution < -0.4 is 5.73 Å². The lowest BCUT2D eigenvalue weighted by molar-refractivity contribution is 0.139. The summed E-state index contributed by atoms with van der Waals surface area (Å²) in [5, 5.41) is 0. The Bertz CT molecular complexity index is 339. The molecule has 3 heteroatoms. The van der Waals surface area contributed by atoms with Gasteiger partial charge in [0.1, 0.15) is 0 Å². The third-order valence-electron chi connectivity index (χ3n) is 3.72. The SMILES string of the molecule is CN1CCC(N(C)Cc2ccc(N)cc2)CC1. The number of piperidine rings is 1. The number of likely N-dealkylation sites (tertiary alicyclic amines) is 1. The van der Waals surface area contributed by atoms with E-state index in [1.165, 1.54) is 31.5 Å². The Kier molecular flexibility index (Phi) is 4.02. The second-order valence-electron chi connectivity index (χ2n) is 5.19. The van der Waals surface area contributed by atoms with Crippen LogP contribution in [0.5, 0.6) is 0 Å². The van der Waals surface area contributed by atoms with Gasteiger partial charge in [-0.05, 0) is 57.7 Å². The fourth-order valence-corrected chi connectivity index (χ4v) is 2.48. The Hall–Kier alpha value is -1.06. The maximum absolute atomic E-state index is 5.70. The van der Waals surface area contributed by atoms with Crippen molar-refractivity contribution >= 4 is 5.69 Å². The van der Waals surface area contributed by atoms with Crippen molar-refractivity contribution in [2.75, 3.05) is 32.9 Å². The van der Waals surface area contributed by atoms with Gasteiger partial charge >= 0.3 is 0 Å². The summed E-state index contributed by atoms with van der Waals surface area (Å²) < 4.78 is 0. The lowest BCUT2D eigenvalue weighted by Crippen LogP contribution is -2.41. The monoisotopic (exact) mass is 233 g/mol. The highest BCUT2D eigenvalue weighted by Gasteiger charge is 2.20. The van der Waals surface area contributed by atoms with Gasteiger partial charge in [0.05, 0.1) is 0 Å². The maximum Gasteiger partial charge on any atom is 0.0314 e. The fourth-order valence-electron chi connectivity index (χ4n) is 2.48. The third kappa shape index (κ3) is 3.45. The van der Waals surface area contributed by atoms with E-state index in [1.54, 1.807) is 0 Å². The zero-order valence-corrected chi connectivity index (χ0v) is 10.9. The highest BCUT2D eigenvalue weighted by molar-refractivity contribution is 5.39. The second-order valence-corrected chi connectivity index (χ2v) is 5.19. The summed E-state index contributed by atoms with van der Waals surface area (Å²) in [5.41, 5.74) is 7.89. The molecule has 3 nitrogen and oxygen atoms in total. The largest absolute Gasteiger partial charge is 0.399 e. The molecule has 1 aliphatic rings. The third-order valence-corrected chi connectivity index (χ3v) is 3.72. The van der Waals surface area contributed by atoms with Gasteiger partial charge in [-0.3, -0.25) is 4.90 Å². The van der Waals surface area contributed by atoms with Crippen LogP contribution in [-0.2, 0) is 6.54 Å². The lowest BCUT2D eigenvalue weighted by atomic mass is 10.0. The quantitative estimate of drug-likeness (QED) is 0.808. The molecule has 2 rings (SSSR count). The molecule has 0 spiro atoms. The minimum atomic E-state index is 0.726. The number of hydrogen-bond donors (Lipinski definition) is 1. The lowest BCUT2D eigenvalue weighted by Gasteiger charge is -2.35. The van der Waals surface area contributed by atoms with E-state index >= 15 is 0 Å². The Morgan fingerprint density at radius 3 is 2.41 bits per heavy atom. The molecule has 0 unspecified atom stereocenters. The standard InChI is InChI=1S/C14H23N3/c1-16-9-7-14(8-10-16)17(2)11-12-3-5-13(15)6-4-12/h3-6,14H,7-11,15H2,1-2H3. The van der Waals surface area contributed by atoms with Crippen molar-refractivity contribution in [2.24, 2.45) is 0 Å². The maximum atomic E-state index is 5.70. The van der Waals surface area contributed by atoms with Crippen LogP contribution in [0.1, 0.15) is 18.4 Å². The molecular formula is C14H23N3. The van der Waals surface area contributed by atoms with Crippen molar-refractivity contribution in [3.63, 3.8) is 0 Å². The van der Waals surface area contributed by atoms with Crippen LogP contribution >= 0.6 is 0 Å². The summed E-state index contributed by atoms with van der Waals surface area (Å²) >= 11 is 0. The van der Waals surface area contributed by atoms with E-state index in [0.717, 1.165) is 18.3 Å². The first-order valence-corrected chi connectivity index (χ1v) is 6.38. The number of nitrogens with two attached hydrogens (primary N) is 1. The molecule has 0 bridgehead atoms. The summed E-state index contributed by atoms with van der Waals surface area (Å²) in [6, 6.07) is 8.95. The number of hydrogen-bond acceptors (Lipinski definition) is 3. The van der Waals surface area contributed by atoms with E-state index in [2.05, 4.69) is 36.0 Å². The van der Waals surface area contributed by atoms with Crippen molar-refractivity contribution < 1.29 is 0 Å². The van der Waals surface area contributed by atoms with Crippen molar-refractivity contribution in [2.45, 2.75) is 25.4 Å². The van der Waals surface area contributed by atoms with Crippen molar-refractivity contribution in [1.82, 2.24) is 9.80 Å². The molecule has 0 aromatic heterocycles. The van der Waals surface area contributed by atoms with Crippen LogP contribution in [0.3, 0.4) is 0 Å². The molecule has 0 saturated carbocycles. The minimum Gasteiger partial charge on any atom is -0.399 e. The van der Waals surface area contributed by atoms with Crippen molar-refractivity contribution in [3.05, 3.63) is 29.8 Å². The molecule has 1 saturated heterocycles. The van der Waals surface area contributed by atoms with Crippen LogP contribution in [0.4, 0.5) is 5.69 Å². The number of benzene rings is 1. The highest BCUT2D eigenvalue weighted by atomic mass is 15.2. The van der Waals surface area contributed by atoms with Gasteiger partial charge in [0, 0.05) is 18.3 Å².